The molecule has 0 aromatic heterocycles. The van der Waals surface area contributed by atoms with E-state index in [0.29, 0.717) is 0 Å². The average molecular weight is 163 g/mol. The van der Waals surface area contributed by atoms with Gasteiger partial charge < -0.3 is 5.32 Å². The molecule has 0 saturated heterocycles. The molecule has 1 heteroatoms. The lowest BCUT2D eigenvalue weighted by Gasteiger charge is -1.96. The van der Waals surface area contributed by atoms with Crippen LogP contribution in [0.5, 0.6) is 0 Å². The molecule has 66 valence electrons. The zero-order chi connectivity index (χ0) is 8.65. The number of rotatable bonds is 6. The summed E-state index contributed by atoms with van der Waals surface area (Å²) < 4.78 is 0. The van der Waals surface area contributed by atoms with E-state index in [1.807, 2.05) is 0 Å². The molecule has 1 saturated carbocycles. The van der Waals surface area contributed by atoms with Crippen molar-refractivity contribution < 1.29 is 0 Å². The molecule has 12 heavy (non-hydrogen) atoms. The van der Waals surface area contributed by atoms with Gasteiger partial charge in [0.05, 0.1) is 0 Å². The van der Waals surface area contributed by atoms with Crippen LogP contribution < -0.4 is 5.32 Å². The van der Waals surface area contributed by atoms with Crippen LogP contribution in [0.2, 0.25) is 0 Å². The number of hydrogen-bond donors (Lipinski definition) is 1. The molecule has 1 aliphatic carbocycles. The van der Waals surface area contributed by atoms with Crippen molar-refractivity contribution in [2.75, 3.05) is 6.54 Å². The Hall–Kier alpha value is -0.740. The van der Waals surface area contributed by atoms with E-state index in [1.54, 1.807) is 0 Å². The number of unbranched alkanes of at least 4 members (excludes halogenated alkanes) is 1. The molecular weight excluding hydrogens is 146 g/mol. The van der Waals surface area contributed by atoms with Crippen LogP contribution in [0.4, 0.5) is 0 Å². The molecule has 1 nitrogen and oxygen atoms in total. The summed E-state index contributed by atoms with van der Waals surface area (Å²) in [5.41, 5.74) is 0. The molecule has 0 amide bonds. The summed E-state index contributed by atoms with van der Waals surface area (Å²) >= 11 is 0. The zero-order valence-corrected chi connectivity index (χ0v) is 7.55. The van der Waals surface area contributed by atoms with Crippen LogP contribution in [0, 0.1) is 12.3 Å². The Morgan fingerprint density at radius 1 is 1.33 bits per heavy atom. The van der Waals surface area contributed by atoms with Gasteiger partial charge in [-0.1, -0.05) is 12.2 Å². The first kappa shape index (κ1) is 9.35. The second kappa shape index (κ2) is 5.85. The molecule has 0 radical (unpaired) electrons. The van der Waals surface area contributed by atoms with Crippen LogP contribution in [0.3, 0.4) is 0 Å². The maximum Gasteiger partial charge on any atom is 0.0121 e. The van der Waals surface area contributed by atoms with E-state index in [1.165, 1.54) is 12.8 Å². The van der Waals surface area contributed by atoms with Crippen molar-refractivity contribution in [2.24, 2.45) is 0 Å². The van der Waals surface area contributed by atoms with Crippen LogP contribution in [-0.4, -0.2) is 12.6 Å². The van der Waals surface area contributed by atoms with Gasteiger partial charge in [0.1, 0.15) is 0 Å². The van der Waals surface area contributed by atoms with Gasteiger partial charge in [0, 0.05) is 12.5 Å². The first-order valence-corrected chi connectivity index (χ1v) is 4.75. The second-order valence-corrected chi connectivity index (χ2v) is 3.23. The fourth-order valence-electron chi connectivity index (χ4n) is 1.06. The highest BCUT2D eigenvalue weighted by Gasteiger charge is 2.18. The Bertz CT molecular complexity index is 172. The molecule has 0 aliphatic heterocycles. The highest BCUT2D eigenvalue weighted by Crippen LogP contribution is 2.18. The number of nitrogens with one attached hydrogen (secondary N) is 1. The van der Waals surface area contributed by atoms with Crippen molar-refractivity contribution >= 4 is 0 Å². The van der Waals surface area contributed by atoms with Crippen LogP contribution in [0.1, 0.15) is 32.1 Å². The van der Waals surface area contributed by atoms with Gasteiger partial charge in [-0.05, 0) is 32.2 Å². The van der Waals surface area contributed by atoms with E-state index in [0.717, 1.165) is 31.8 Å². The highest BCUT2D eigenvalue weighted by atomic mass is 14.9. The van der Waals surface area contributed by atoms with Gasteiger partial charge >= 0.3 is 0 Å². The summed E-state index contributed by atoms with van der Waals surface area (Å²) in [5.74, 6) is 2.62. The monoisotopic (exact) mass is 163 g/mol. The molecule has 0 atom stereocenters. The van der Waals surface area contributed by atoms with Crippen molar-refractivity contribution in [2.45, 2.75) is 38.1 Å². The summed E-state index contributed by atoms with van der Waals surface area (Å²) in [6.07, 6.45) is 15.3. The predicted octanol–water partition coefficient (Wildman–Crippen LogP) is 2.10. The number of allylic oxidation sites excluding steroid dienone is 1. The van der Waals surface area contributed by atoms with Gasteiger partial charge in [-0.15, -0.1) is 12.3 Å². The summed E-state index contributed by atoms with van der Waals surface area (Å²) in [7, 11) is 0. The molecule has 0 heterocycles. The fourth-order valence-corrected chi connectivity index (χ4v) is 1.06. The van der Waals surface area contributed by atoms with Gasteiger partial charge in [0.2, 0.25) is 0 Å². The van der Waals surface area contributed by atoms with Crippen molar-refractivity contribution in [3.05, 3.63) is 12.2 Å². The van der Waals surface area contributed by atoms with Crippen LogP contribution in [-0.2, 0) is 0 Å². The summed E-state index contributed by atoms with van der Waals surface area (Å²) in [6, 6.07) is 0.837. The molecular formula is C11H17N. The second-order valence-electron chi connectivity index (χ2n) is 3.23. The molecule has 0 bridgehead atoms. The third-order valence-corrected chi connectivity index (χ3v) is 1.94. The lowest BCUT2D eigenvalue weighted by atomic mass is 10.2. The summed E-state index contributed by atoms with van der Waals surface area (Å²) in [6.45, 7) is 1.12. The Labute approximate surface area is 75.2 Å². The van der Waals surface area contributed by atoms with Crippen molar-refractivity contribution in [1.82, 2.24) is 5.32 Å². The zero-order valence-electron chi connectivity index (χ0n) is 7.55. The van der Waals surface area contributed by atoms with Gasteiger partial charge in [-0.3, -0.25) is 0 Å². The van der Waals surface area contributed by atoms with Crippen LogP contribution >= 0.6 is 0 Å². The van der Waals surface area contributed by atoms with E-state index >= 15 is 0 Å². The molecule has 0 aromatic carbocycles. The lowest BCUT2D eigenvalue weighted by molar-refractivity contribution is 0.689. The quantitative estimate of drug-likeness (QED) is 0.359. The SMILES string of the molecule is C#CCCC=CCCNC1CC1. The smallest absolute Gasteiger partial charge is 0.0121 e. The molecule has 0 spiro atoms. The van der Waals surface area contributed by atoms with E-state index < -0.39 is 0 Å². The van der Waals surface area contributed by atoms with Gasteiger partial charge in [0.15, 0.2) is 0 Å². The normalized spacial score (nSPS) is 16.6. The third-order valence-electron chi connectivity index (χ3n) is 1.94. The predicted molar refractivity (Wildman–Crippen MR) is 52.8 cm³/mol. The molecule has 1 aliphatic rings. The van der Waals surface area contributed by atoms with Gasteiger partial charge in [-0.2, -0.15) is 0 Å². The number of terminal acetylenes is 1. The van der Waals surface area contributed by atoms with Crippen molar-refractivity contribution in [3.8, 4) is 12.3 Å². The van der Waals surface area contributed by atoms with Crippen molar-refractivity contribution in [1.29, 1.82) is 0 Å². The van der Waals surface area contributed by atoms with Crippen molar-refractivity contribution in [3.63, 3.8) is 0 Å². The van der Waals surface area contributed by atoms with Crippen LogP contribution in [0.15, 0.2) is 12.2 Å². The average Bonchev–Trinajstić information content (AvgIpc) is 2.87. The lowest BCUT2D eigenvalue weighted by Crippen LogP contribution is -2.16. The minimum absolute atomic E-state index is 0.837. The summed E-state index contributed by atoms with van der Waals surface area (Å²) in [5, 5.41) is 3.46. The standard InChI is InChI=1S/C11H17N/c1-2-3-4-5-6-7-10-12-11-8-9-11/h1,5-6,11-12H,3-4,7-10H2. The Balaban J connectivity index is 1.80. The van der Waals surface area contributed by atoms with Crippen LogP contribution in [0.25, 0.3) is 0 Å². The first-order valence-electron chi connectivity index (χ1n) is 4.75. The van der Waals surface area contributed by atoms with E-state index in [4.69, 9.17) is 6.42 Å². The molecule has 0 unspecified atom stereocenters. The molecule has 1 N–H and O–H groups in total. The number of hydrogen-bond acceptors (Lipinski definition) is 1. The maximum atomic E-state index is 5.12. The van der Waals surface area contributed by atoms with E-state index in [9.17, 15) is 0 Å². The third kappa shape index (κ3) is 4.98. The topological polar surface area (TPSA) is 12.0 Å². The Kier molecular flexibility index (Phi) is 4.56. The van der Waals surface area contributed by atoms with E-state index in [2.05, 4.69) is 23.4 Å². The van der Waals surface area contributed by atoms with Gasteiger partial charge in [-0.25, -0.2) is 0 Å². The Morgan fingerprint density at radius 3 is 2.75 bits per heavy atom. The minimum Gasteiger partial charge on any atom is -0.314 e. The molecule has 1 rings (SSSR count). The molecule has 0 aromatic rings. The first-order chi connectivity index (χ1) is 5.93. The highest BCUT2D eigenvalue weighted by molar-refractivity contribution is 4.91. The fraction of sp³-hybridized carbons (Fsp3) is 0.636. The maximum absolute atomic E-state index is 5.12. The van der Waals surface area contributed by atoms with E-state index in [-0.39, 0.29) is 0 Å². The molecule has 1 fully saturated rings. The largest absolute Gasteiger partial charge is 0.314 e. The Morgan fingerprint density at radius 2 is 2.08 bits per heavy atom. The van der Waals surface area contributed by atoms with Gasteiger partial charge in [0.25, 0.3) is 0 Å². The minimum atomic E-state index is 0.837. The summed E-state index contributed by atoms with van der Waals surface area (Å²) in [4.78, 5) is 0.